The van der Waals surface area contributed by atoms with Crippen LogP contribution in [-0.2, 0) is 0 Å². The number of aromatic nitrogens is 2. The van der Waals surface area contributed by atoms with Crippen molar-refractivity contribution in [3.05, 3.63) is 17.5 Å². The molecule has 1 N–H and O–H groups in total. The van der Waals surface area contributed by atoms with Crippen LogP contribution in [0.3, 0.4) is 0 Å². The molecule has 0 spiro atoms. The third-order valence-electron chi connectivity index (χ3n) is 2.45. The fourth-order valence-electron chi connectivity index (χ4n) is 1.65. The van der Waals surface area contributed by atoms with Crippen molar-refractivity contribution < 1.29 is 0 Å². The lowest BCUT2D eigenvalue weighted by Gasteiger charge is -2.22. The van der Waals surface area contributed by atoms with Gasteiger partial charge in [0.15, 0.2) is 0 Å². The van der Waals surface area contributed by atoms with Gasteiger partial charge in [0.2, 0.25) is 0 Å². The Balaban J connectivity index is 1.81. The minimum atomic E-state index is 0.518. The van der Waals surface area contributed by atoms with E-state index >= 15 is 0 Å². The molecule has 0 aliphatic carbocycles. The zero-order chi connectivity index (χ0) is 10.5. The van der Waals surface area contributed by atoms with E-state index in [9.17, 15) is 0 Å². The Hall–Kier alpha value is -0.320. The first-order valence-electron chi connectivity index (χ1n) is 5.18. The number of halogens is 1. The third kappa shape index (κ3) is 3.63. The van der Waals surface area contributed by atoms with Gasteiger partial charge in [-0.15, -0.1) is 11.8 Å². The van der Waals surface area contributed by atoms with E-state index in [-0.39, 0.29) is 0 Å². The van der Waals surface area contributed by atoms with Crippen molar-refractivity contribution in [2.75, 3.05) is 12.3 Å². The van der Waals surface area contributed by atoms with Crippen molar-refractivity contribution in [1.29, 1.82) is 0 Å². The number of hydrogen-bond donors (Lipinski definition) is 1. The summed E-state index contributed by atoms with van der Waals surface area (Å²) in [5.74, 6) is 1.06. The second-order valence-corrected chi connectivity index (χ2v) is 5.06. The highest BCUT2D eigenvalue weighted by Gasteiger charge is 2.12. The van der Waals surface area contributed by atoms with Crippen molar-refractivity contribution in [2.24, 2.45) is 0 Å². The zero-order valence-electron chi connectivity index (χ0n) is 8.45. The Labute approximate surface area is 99.0 Å². The van der Waals surface area contributed by atoms with Gasteiger partial charge in [-0.25, -0.2) is 9.97 Å². The first kappa shape index (κ1) is 11.2. The first-order chi connectivity index (χ1) is 7.34. The SMILES string of the molecule is Clc1cc(SCC2CCCCN2)ncn1. The first-order valence-corrected chi connectivity index (χ1v) is 6.55. The van der Waals surface area contributed by atoms with Crippen LogP contribution < -0.4 is 5.32 Å². The van der Waals surface area contributed by atoms with Crippen LogP contribution in [0.15, 0.2) is 17.4 Å². The molecule has 1 aliphatic heterocycles. The second kappa shape index (κ2) is 5.68. The lowest BCUT2D eigenvalue weighted by molar-refractivity contribution is 0.430. The van der Waals surface area contributed by atoms with Gasteiger partial charge >= 0.3 is 0 Å². The molecule has 1 fully saturated rings. The highest BCUT2D eigenvalue weighted by atomic mass is 35.5. The van der Waals surface area contributed by atoms with Crippen molar-refractivity contribution in [3.63, 3.8) is 0 Å². The summed E-state index contributed by atoms with van der Waals surface area (Å²) in [6.45, 7) is 1.15. The minimum absolute atomic E-state index is 0.518. The second-order valence-electron chi connectivity index (χ2n) is 3.64. The Morgan fingerprint density at radius 3 is 3.13 bits per heavy atom. The van der Waals surface area contributed by atoms with Gasteiger partial charge in [0.05, 0.1) is 0 Å². The molecule has 82 valence electrons. The van der Waals surface area contributed by atoms with Crippen LogP contribution in [0, 0.1) is 0 Å². The molecule has 0 radical (unpaired) electrons. The smallest absolute Gasteiger partial charge is 0.133 e. The van der Waals surface area contributed by atoms with Gasteiger partial charge in [0, 0.05) is 17.9 Å². The fourth-order valence-corrected chi connectivity index (χ4v) is 2.83. The average molecular weight is 244 g/mol. The Bertz CT molecular complexity index is 315. The number of nitrogens with zero attached hydrogens (tertiary/aromatic N) is 2. The molecule has 1 unspecified atom stereocenters. The summed E-state index contributed by atoms with van der Waals surface area (Å²) in [5, 5.41) is 4.98. The summed E-state index contributed by atoms with van der Waals surface area (Å²) in [4.78, 5) is 8.02. The molecule has 1 atom stereocenters. The predicted octanol–water partition coefficient (Wildman–Crippen LogP) is 2.36. The molecular formula is C10H14ClN3S. The summed E-state index contributed by atoms with van der Waals surface area (Å²) in [5.41, 5.74) is 0. The van der Waals surface area contributed by atoms with Crippen LogP contribution >= 0.6 is 23.4 Å². The molecule has 1 aromatic rings. The Morgan fingerprint density at radius 1 is 1.47 bits per heavy atom. The Morgan fingerprint density at radius 2 is 2.40 bits per heavy atom. The molecule has 0 saturated carbocycles. The molecule has 15 heavy (non-hydrogen) atoms. The molecule has 3 nitrogen and oxygen atoms in total. The molecule has 2 heterocycles. The van der Waals surface area contributed by atoms with Crippen LogP contribution in [0.4, 0.5) is 0 Å². The van der Waals surface area contributed by atoms with Crippen LogP contribution in [0.5, 0.6) is 0 Å². The van der Waals surface area contributed by atoms with Gasteiger partial charge in [-0.3, -0.25) is 0 Å². The molecule has 0 bridgehead atoms. The van der Waals surface area contributed by atoms with Crippen LogP contribution in [0.25, 0.3) is 0 Å². The van der Waals surface area contributed by atoms with E-state index in [4.69, 9.17) is 11.6 Å². The van der Waals surface area contributed by atoms with Gasteiger partial charge in [0.1, 0.15) is 16.5 Å². The summed E-state index contributed by atoms with van der Waals surface area (Å²) < 4.78 is 0. The molecule has 1 aromatic heterocycles. The lowest BCUT2D eigenvalue weighted by Crippen LogP contribution is -2.35. The largest absolute Gasteiger partial charge is 0.313 e. The maximum atomic E-state index is 5.79. The van der Waals surface area contributed by atoms with E-state index in [0.717, 1.165) is 17.3 Å². The van der Waals surface area contributed by atoms with Gasteiger partial charge in [-0.1, -0.05) is 18.0 Å². The van der Waals surface area contributed by atoms with Gasteiger partial charge < -0.3 is 5.32 Å². The number of piperidine rings is 1. The van der Waals surface area contributed by atoms with Crippen LogP contribution in [0.2, 0.25) is 5.15 Å². The summed E-state index contributed by atoms with van der Waals surface area (Å²) in [7, 11) is 0. The van der Waals surface area contributed by atoms with Gasteiger partial charge in [-0.05, 0) is 19.4 Å². The standard InChI is InChI=1S/C10H14ClN3S/c11-9-5-10(14-7-13-9)15-6-8-3-1-2-4-12-8/h5,7-8,12H,1-4,6H2. The molecule has 0 aromatic carbocycles. The van der Waals surface area contributed by atoms with Crippen LogP contribution in [0.1, 0.15) is 19.3 Å². The van der Waals surface area contributed by atoms with Gasteiger partial charge in [0.25, 0.3) is 0 Å². The highest BCUT2D eigenvalue weighted by molar-refractivity contribution is 7.99. The maximum Gasteiger partial charge on any atom is 0.133 e. The number of hydrogen-bond acceptors (Lipinski definition) is 4. The average Bonchev–Trinajstić information content (AvgIpc) is 2.28. The molecule has 0 amide bonds. The minimum Gasteiger partial charge on any atom is -0.313 e. The molecular weight excluding hydrogens is 230 g/mol. The van der Waals surface area contributed by atoms with Crippen molar-refractivity contribution >= 4 is 23.4 Å². The highest BCUT2D eigenvalue weighted by Crippen LogP contribution is 2.20. The molecule has 2 rings (SSSR count). The summed E-state index contributed by atoms with van der Waals surface area (Å²) in [6, 6.07) is 2.44. The summed E-state index contributed by atoms with van der Waals surface area (Å²) in [6.07, 6.45) is 5.42. The lowest BCUT2D eigenvalue weighted by atomic mass is 10.1. The molecule has 1 aliphatic rings. The van der Waals surface area contributed by atoms with Crippen molar-refractivity contribution in [2.45, 2.75) is 30.3 Å². The number of thioether (sulfide) groups is 1. The fraction of sp³-hybridized carbons (Fsp3) is 0.600. The maximum absolute atomic E-state index is 5.79. The van der Waals surface area contributed by atoms with E-state index in [1.165, 1.54) is 25.6 Å². The normalized spacial score (nSPS) is 21.5. The quantitative estimate of drug-likeness (QED) is 0.654. The van der Waals surface area contributed by atoms with E-state index in [1.54, 1.807) is 11.8 Å². The molecule has 1 saturated heterocycles. The van der Waals surface area contributed by atoms with E-state index in [0.29, 0.717) is 11.2 Å². The molecule has 5 heteroatoms. The van der Waals surface area contributed by atoms with Crippen LogP contribution in [-0.4, -0.2) is 28.3 Å². The van der Waals surface area contributed by atoms with E-state index in [1.807, 2.05) is 6.07 Å². The number of rotatable bonds is 3. The Kier molecular flexibility index (Phi) is 4.23. The summed E-state index contributed by atoms with van der Waals surface area (Å²) >= 11 is 7.53. The van der Waals surface area contributed by atoms with E-state index < -0.39 is 0 Å². The third-order valence-corrected chi connectivity index (χ3v) is 3.75. The van der Waals surface area contributed by atoms with Crippen molar-refractivity contribution in [3.8, 4) is 0 Å². The predicted molar refractivity (Wildman–Crippen MR) is 63.4 cm³/mol. The van der Waals surface area contributed by atoms with Crippen molar-refractivity contribution in [1.82, 2.24) is 15.3 Å². The van der Waals surface area contributed by atoms with E-state index in [2.05, 4.69) is 15.3 Å². The van der Waals surface area contributed by atoms with Gasteiger partial charge in [-0.2, -0.15) is 0 Å². The zero-order valence-corrected chi connectivity index (χ0v) is 10.0. The number of nitrogens with one attached hydrogen (secondary N) is 1. The monoisotopic (exact) mass is 243 g/mol. The topological polar surface area (TPSA) is 37.8 Å².